The average Bonchev–Trinajstić information content (AvgIpc) is 2.38. The van der Waals surface area contributed by atoms with Crippen LogP contribution in [0.15, 0.2) is 24.3 Å². The average molecular weight is 250 g/mol. The van der Waals surface area contributed by atoms with E-state index in [0.717, 1.165) is 31.6 Å². The zero-order valence-electron chi connectivity index (χ0n) is 10.7. The Kier molecular flexibility index (Phi) is 4.31. The molecule has 1 saturated heterocycles. The van der Waals surface area contributed by atoms with E-state index in [2.05, 4.69) is 5.32 Å². The summed E-state index contributed by atoms with van der Waals surface area (Å²) in [7, 11) is 0. The standard InChI is InChI=1S/C14H19FN2O/c1-11(18)17-9-8-16-13(10-17)7-6-12-4-2-3-5-14(12)15/h2-5,13,16H,6-10H2,1H3. The number of nitrogens with zero attached hydrogens (tertiary/aromatic N) is 1. The van der Waals surface area contributed by atoms with Gasteiger partial charge in [-0.05, 0) is 24.5 Å². The molecule has 1 N–H and O–H groups in total. The molecule has 0 bridgehead atoms. The third-order valence-corrected chi connectivity index (χ3v) is 3.42. The van der Waals surface area contributed by atoms with Crippen LogP contribution in [0, 0.1) is 5.82 Å². The highest BCUT2D eigenvalue weighted by molar-refractivity contribution is 5.73. The lowest BCUT2D eigenvalue weighted by Gasteiger charge is -2.33. The molecule has 1 aromatic carbocycles. The van der Waals surface area contributed by atoms with Gasteiger partial charge in [0.1, 0.15) is 5.82 Å². The number of aryl methyl sites for hydroxylation is 1. The molecule has 1 unspecified atom stereocenters. The minimum Gasteiger partial charge on any atom is -0.340 e. The number of hydrogen-bond donors (Lipinski definition) is 1. The lowest BCUT2D eigenvalue weighted by Crippen LogP contribution is -2.52. The molecular weight excluding hydrogens is 231 g/mol. The maximum atomic E-state index is 13.5. The first-order chi connectivity index (χ1) is 8.66. The molecule has 3 nitrogen and oxygen atoms in total. The lowest BCUT2D eigenvalue weighted by molar-refractivity contribution is -0.130. The molecule has 0 aliphatic carbocycles. The van der Waals surface area contributed by atoms with Gasteiger partial charge in [-0.3, -0.25) is 4.79 Å². The second-order valence-electron chi connectivity index (χ2n) is 4.75. The first-order valence-electron chi connectivity index (χ1n) is 6.39. The van der Waals surface area contributed by atoms with Crippen LogP contribution in [0.1, 0.15) is 18.9 Å². The van der Waals surface area contributed by atoms with E-state index in [4.69, 9.17) is 0 Å². The molecule has 0 aromatic heterocycles. The van der Waals surface area contributed by atoms with Crippen molar-refractivity contribution in [3.8, 4) is 0 Å². The Morgan fingerprint density at radius 3 is 3.00 bits per heavy atom. The Balaban J connectivity index is 1.87. The van der Waals surface area contributed by atoms with Gasteiger partial charge < -0.3 is 10.2 Å². The molecule has 1 fully saturated rings. The minimum atomic E-state index is -0.142. The molecule has 2 rings (SSSR count). The second kappa shape index (κ2) is 5.96. The van der Waals surface area contributed by atoms with Crippen LogP contribution in [-0.2, 0) is 11.2 Å². The van der Waals surface area contributed by atoms with Crippen molar-refractivity contribution in [1.29, 1.82) is 0 Å². The minimum absolute atomic E-state index is 0.118. The van der Waals surface area contributed by atoms with Gasteiger partial charge in [0.2, 0.25) is 5.91 Å². The number of benzene rings is 1. The van der Waals surface area contributed by atoms with Gasteiger partial charge in [0.25, 0.3) is 0 Å². The van der Waals surface area contributed by atoms with E-state index in [0.29, 0.717) is 6.42 Å². The summed E-state index contributed by atoms with van der Waals surface area (Å²) >= 11 is 0. The Hall–Kier alpha value is -1.42. The fourth-order valence-corrected chi connectivity index (χ4v) is 2.34. The number of nitrogens with one attached hydrogen (secondary N) is 1. The molecule has 18 heavy (non-hydrogen) atoms. The summed E-state index contributed by atoms with van der Waals surface area (Å²) in [5.41, 5.74) is 0.749. The second-order valence-corrected chi connectivity index (χ2v) is 4.75. The molecule has 0 spiro atoms. The molecule has 98 valence electrons. The Labute approximate surface area is 107 Å². The van der Waals surface area contributed by atoms with Gasteiger partial charge in [-0.1, -0.05) is 18.2 Å². The number of piperazine rings is 1. The number of rotatable bonds is 3. The summed E-state index contributed by atoms with van der Waals surface area (Å²) in [6.45, 7) is 3.91. The van der Waals surface area contributed by atoms with Crippen molar-refractivity contribution in [2.24, 2.45) is 0 Å². The van der Waals surface area contributed by atoms with E-state index in [9.17, 15) is 9.18 Å². The van der Waals surface area contributed by atoms with Gasteiger partial charge in [0, 0.05) is 32.6 Å². The fourth-order valence-electron chi connectivity index (χ4n) is 2.34. The maximum Gasteiger partial charge on any atom is 0.219 e. The van der Waals surface area contributed by atoms with Crippen LogP contribution in [0.2, 0.25) is 0 Å². The molecule has 4 heteroatoms. The maximum absolute atomic E-state index is 13.5. The van der Waals surface area contributed by atoms with E-state index in [1.54, 1.807) is 13.0 Å². The zero-order chi connectivity index (χ0) is 13.0. The van der Waals surface area contributed by atoms with Crippen molar-refractivity contribution in [3.63, 3.8) is 0 Å². The van der Waals surface area contributed by atoms with Gasteiger partial charge in [-0.2, -0.15) is 0 Å². The van der Waals surface area contributed by atoms with Gasteiger partial charge in [0.05, 0.1) is 0 Å². The highest BCUT2D eigenvalue weighted by atomic mass is 19.1. The van der Waals surface area contributed by atoms with E-state index in [1.807, 2.05) is 17.0 Å². The van der Waals surface area contributed by atoms with Crippen molar-refractivity contribution in [2.75, 3.05) is 19.6 Å². The van der Waals surface area contributed by atoms with E-state index in [-0.39, 0.29) is 17.8 Å². The SMILES string of the molecule is CC(=O)N1CCNC(CCc2ccccc2F)C1. The molecule has 1 atom stereocenters. The smallest absolute Gasteiger partial charge is 0.219 e. The third kappa shape index (κ3) is 3.29. The van der Waals surface area contributed by atoms with Crippen LogP contribution >= 0.6 is 0 Å². The third-order valence-electron chi connectivity index (χ3n) is 3.42. The number of carbonyl (C=O) groups excluding carboxylic acids is 1. The Morgan fingerprint density at radius 2 is 2.28 bits per heavy atom. The van der Waals surface area contributed by atoms with Crippen molar-refractivity contribution in [2.45, 2.75) is 25.8 Å². The highest BCUT2D eigenvalue weighted by Gasteiger charge is 2.20. The summed E-state index contributed by atoms with van der Waals surface area (Å²) in [6, 6.07) is 7.14. The van der Waals surface area contributed by atoms with Gasteiger partial charge in [-0.25, -0.2) is 4.39 Å². The summed E-state index contributed by atoms with van der Waals surface area (Å²) in [6.07, 6.45) is 1.56. The summed E-state index contributed by atoms with van der Waals surface area (Å²) in [4.78, 5) is 13.2. The topological polar surface area (TPSA) is 32.3 Å². The monoisotopic (exact) mass is 250 g/mol. The van der Waals surface area contributed by atoms with Crippen LogP contribution < -0.4 is 5.32 Å². The van der Waals surface area contributed by atoms with E-state index in [1.165, 1.54) is 6.07 Å². The number of amides is 1. The number of halogens is 1. The Morgan fingerprint density at radius 1 is 1.50 bits per heavy atom. The first-order valence-corrected chi connectivity index (χ1v) is 6.39. The van der Waals surface area contributed by atoms with Crippen LogP contribution in [0.5, 0.6) is 0 Å². The number of carbonyl (C=O) groups is 1. The molecule has 1 aliphatic heterocycles. The largest absolute Gasteiger partial charge is 0.340 e. The first kappa shape index (κ1) is 13.0. The van der Waals surface area contributed by atoms with Gasteiger partial charge in [-0.15, -0.1) is 0 Å². The van der Waals surface area contributed by atoms with Crippen molar-refractivity contribution < 1.29 is 9.18 Å². The molecule has 1 aromatic rings. The summed E-state index contributed by atoms with van der Waals surface area (Å²) in [5, 5.41) is 3.38. The zero-order valence-corrected chi connectivity index (χ0v) is 10.7. The predicted octanol–water partition coefficient (Wildman–Crippen LogP) is 1.58. The van der Waals surface area contributed by atoms with Gasteiger partial charge in [0.15, 0.2) is 0 Å². The lowest BCUT2D eigenvalue weighted by atomic mass is 10.0. The molecular formula is C14H19FN2O. The van der Waals surface area contributed by atoms with Crippen molar-refractivity contribution >= 4 is 5.91 Å². The van der Waals surface area contributed by atoms with Crippen molar-refractivity contribution in [3.05, 3.63) is 35.6 Å². The normalized spacial score (nSPS) is 19.9. The Bertz CT molecular complexity index is 422. The van der Waals surface area contributed by atoms with E-state index < -0.39 is 0 Å². The molecule has 0 saturated carbocycles. The predicted molar refractivity (Wildman–Crippen MR) is 68.8 cm³/mol. The van der Waals surface area contributed by atoms with Crippen molar-refractivity contribution in [1.82, 2.24) is 10.2 Å². The van der Waals surface area contributed by atoms with Crippen LogP contribution in [0.3, 0.4) is 0 Å². The quantitative estimate of drug-likeness (QED) is 0.883. The van der Waals surface area contributed by atoms with Crippen LogP contribution in [0.25, 0.3) is 0 Å². The highest BCUT2D eigenvalue weighted by Crippen LogP contribution is 2.12. The summed E-state index contributed by atoms with van der Waals surface area (Å²) in [5.74, 6) is -0.0240. The fraction of sp³-hybridized carbons (Fsp3) is 0.500. The van der Waals surface area contributed by atoms with Crippen LogP contribution in [-0.4, -0.2) is 36.5 Å². The number of hydrogen-bond acceptors (Lipinski definition) is 2. The molecule has 0 radical (unpaired) electrons. The molecule has 1 aliphatic rings. The van der Waals surface area contributed by atoms with E-state index >= 15 is 0 Å². The molecule has 1 heterocycles. The van der Waals surface area contributed by atoms with Crippen LogP contribution in [0.4, 0.5) is 4.39 Å². The summed E-state index contributed by atoms with van der Waals surface area (Å²) < 4.78 is 13.5. The molecule has 1 amide bonds. The van der Waals surface area contributed by atoms with Gasteiger partial charge >= 0.3 is 0 Å².